The van der Waals surface area contributed by atoms with Gasteiger partial charge in [-0.25, -0.2) is 14.5 Å². The molecule has 1 fully saturated rings. The van der Waals surface area contributed by atoms with Crippen LogP contribution >= 0.6 is 0 Å². The summed E-state index contributed by atoms with van der Waals surface area (Å²) in [7, 11) is 0. The third-order valence-electron chi connectivity index (χ3n) is 5.96. The molecule has 0 saturated carbocycles. The van der Waals surface area contributed by atoms with Crippen molar-refractivity contribution in [3.05, 3.63) is 71.8 Å². The average molecular weight is 582 g/mol. The Labute approximate surface area is 235 Å². The molecule has 2 amide bonds. The van der Waals surface area contributed by atoms with Gasteiger partial charge in [0.2, 0.25) is 0 Å². The highest BCUT2D eigenvalue weighted by atomic mass is 19.4. The number of esters is 1. The highest BCUT2D eigenvalue weighted by Crippen LogP contribution is 2.23. The molecule has 13 heteroatoms. The minimum absolute atomic E-state index is 0.0892. The third kappa shape index (κ3) is 11.6. The van der Waals surface area contributed by atoms with Crippen molar-refractivity contribution in [2.24, 2.45) is 5.73 Å². The van der Waals surface area contributed by atoms with E-state index in [0.29, 0.717) is 18.6 Å². The molecule has 1 aliphatic heterocycles. The van der Waals surface area contributed by atoms with Crippen LogP contribution in [0.1, 0.15) is 43.2 Å². The minimum Gasteiger partial charge on any atom is -0.480 e. The molecule has 3 rings (SSSR count). The maximum Gasteiger partial charge on any atom is 0.471 e. The molecule has 0 unspecified atom stereocenters. The monoisotopic (exact) mass is 581 g/mol. The Hall–Kier alpha value is -3.97. The van der Waals surface area contributed by atoms with Crippen LogP contribution in [-0.4, -0.2) is 65.3 Å². The normalized spacial score (nSPS) is 15.2. The number of imide groups is 1. The number of alkyl halides is 3. The van der Waals surface area contributed by atoms with Gasteiger partial charge < -0.3 is 25.6 Å². The quantitative estimate of drug-likeness (QED) is 0.266. The van der Waals surface area contributed by atoms with Gasteiger partial charge in [0.15, 0.2) is 0 Å². The number of carbonyl (C=O) groups is 4. The van der Waals surface area contributed by atoms with Crippen LogP contribution in [0.2, 0.25) is 0 Å². The predicted molar refractivity (Wildman–Crippen MR) is 141 cm³/mol. The third-order valence-corrected chi connectivity index (χ3v) is 5.96. The number of benzene rings is 2. The molecule has 1 aliphatic rings. The van der Waals surface area contributed by atoms with Gasteiger partial charge in [-0.3, -0.25) is 9.59 Å². The van der Waals surface area contributed by atoms with Crippen LogP contribution in [0.3, 0.4) is 0 Å². The SMILES string of the molecule is NCCCC[C@@H](C(=O)O)N(C(=O)OCc1ccccc1)C(=O)C(F)(F)F.O=C(OCc1ccccc1)[C@@H]1CCCN1. The number of rotatable bonds is 11. The molecule has 10 nitrogen and oxygen atoms in total. The van der Waals surface area contributed by atoms with E-state index < -0.39 is 36.8 Å². The first-order valence-electron chi connectivity index (χ1n) is 13.0. The second-order valence-electron chi connectivity index (χ2n) is 9.09. The molecule has 2 atom stereocenters. The van der Waals surface area contributed by atoms with E-state index >= 15 is 0 Å². The molecule has 41 heavy (non-hydrogen) atoms. The fourth-order valence-electron chi connectivity index (χ4n) is 3.84. The Bertz CT molecular complexity index is 1110. The fraction of sp³-hybridized carbons (Fsp3) is 0.429. The van der Waals surface area contributed by atoms with Crippen LogP contribution in [0.5, 0.6) is 0 Å². The fourth-order valence-corrected chi connectivity index (χ4v) is 3.84. The second-order valence-corrected chi connectivity index (χ2v) is 9.09. The van der Waals surface area contributed by atoms with Crippen molar-refractivity contribution in [2.75, 3.05) is 13.1 Å². The standard InChI is InChI=1S/C16H19F3N2O5.C12H15NO2/c17-16(18,19)14(24)21(12(13(22)23)8-4-5-9-20)15(25)26-10-11-6-2-1-3-7-11;14-12(11-7-4-8-13-11)15-9-10-5-2-1-3-6-10/h1-3,6-7,12H,4-5,8-10,20H2,(H,22,23);1-3,5-6,11,13H,4,7-9H2/t12-;11-/m00/s1. The zero-order valence-corrected chi connectivity index (χ0v) is 22.3. The summed E-state index contributed by atoms with van der Waals surface area (Å²) in [4.78, 5) is 46.2. The Morgan fingerprint density at radius 1 is 0.951 bits per heavy atom. The molecule has 224 valence electrons. The zero-order valence-electron chi connectivity index (χ0n) is 22.3. The van der Waals surface area contributed by atoms with E-state index in [4.69, 9.17) is 15.2 Å². The molecule has 0 aliphatic carbocycles. The van der Waals surface area contributed by atoms with Crippen LogP contribution < -0.4 is 11.1 Å². The number of hydrogen-bond acceptors (Lipinski definition) is 8. The number of nitrogens with zero attached hydrogens (tertiary/aromatic N) is 1. The van der Waals surface area contributed by atoms with E-state index in [9.17, 15) is 37.5 Å². The van der Waals surface area contributed by atoms with Gasteiger partial charge in [-0.2, -0.15) is 13.2 Å². The van der Waals surface area contributed by atoms with E-state index in [1.54, 1.807) is 30.3 Å². The Morgan fingerprint density at radius 2 is 1.51 bits per heavy atom. The highest BCUT2D eigenvalue weighted by Gasteiger charge is 2.49. The summed E-state index contributed by atoms with van der Waals surface area (Å²) in [5.41, 5.74) is 6.77. The van der Waals surface area contributed by atoms with Crippen molar-refractivity contribution in [3.8, 4) is 0 Å². The molecule has 1 saturated heterocycles. The van der Waals surface area contributed by atoms with Crippen LogP contribution in [0.25, 0.3) is 0 Å². The molecule has 2 aromatic rings. The Kier molecular flexibility index (Phi) is 13.8. The first kappa shape index (κ1) is 33.2. The molecule has 2 aromatic carbocycles. The topological polar surface area (TPSA) is 148 Å². The average Bonchev–Trinajstić information content (AvgIpc) is 3.50. The van der Waals surface area contributed by atoms with Gasteiger partial charge in [0.05, 0.1) is 0 Å². The summed E-state index contributed by atoms with van der Waals surface area (Å²) in [5, 5.41) is 12.3. The van der Waals surface area contributed by atoms with Gasteiger partial charge in [0, 0.05) is 0 Å². The Balaban J connectivity index is 0.000000329. The summed E-state index contributed by atoms with van der Waals surface area (Å²) in [6, 6.07) is 15.7. The van der Waals surface area contributed by atoms with E-state index in [-0.39, 0.29) is 36.3 Å². The van der Waals surface area contributed by atoms with Gasteiger partial charge in [-0.05, 0) is 56.3 Å². The number of hydrogen-bond donors (Lipinski definition) is 3. The maximum atomic E-state index is 12.8. The second kappa shape index (κ2) is 17.0. The largest absolute Gasteiger partial charge is 0.480 e. The van der Waals surface area contributed by atoms with Crippen LogP contribution in [-0.2, 0) is 37.1 Å². The minimum atomic E-state index is -5.42. The summed E-state index contributed by atoms with van der Waals surface area (Å²) >= 11 is 0. The van der Waals surface area contributed by atoms with Crippen molar-refractivity contribution in [2.45, 2.75) is 63.6 Å². The number of nitrogens with two attached hydrogens (primary N) is 1. The van der Waals surface area contributed by atoms with Crippen molar-refractivity contribution < 1.29 is 46.9 Å². The highest BCUT2D eigenvalue weighted by molar-refractivity contribution is 5.99. The van der Waals surface area contributed by atoms with E-state index in [1.807, 2.05) is 30.3 Å². The summed E-state index contributed by atoms with van der Waals surface area (Å²) in [6.07, 6.45) is -5.05. The molecule has 0 radical (unpaired) electrons. The van der Waals surface area contributed by atoms with Crippen molar-refractivity contribution in [3.63, 3.8) is 0 Å². The lowest BCUT2D eigenvalue weighted by Gasteiger charge is -2.27. The molecule has 0 aromatic heterocycles. The van der Waals surface area contributed by atoms with Crippen molar-refractivity contribution in [1.82, 2.24) is 10.2 Å². The number of aliphatic carboxylic acids is 1. The smallest absolute Gasteiger partial charge is 0.471 e. The van der Waals surface area contributed by atoms with E-state index in [0.717, 1.165) is 24.9 Å². The molecular weight excluding hydrogens is 547 g/mol. The molecule has 0 spiro atoms. The number of ether oxygens (including phenoxy) is 2. The first-order valence-corrected chi connectivity index (χ1v) is 13.0. The van der Waals surface area contributed by atoms with E-state index in [2.05, 4.69) is 5.32 Å². The maximum absolute atomic E-state index is 12.8. The number of carboxylic acid groups (broad SMARTS) is 1. The lowest BCUT2D eigenvalue weighted by molar-refractivity contribution is -0.187. The van der Waals surface area contributed by atoms with Crippen LogP contribution in [0.15, 0.2) is 60.7 Å². The summed E-state index contributed by atoms with van der Waals surface area (Å²) in [6.45, 7) is 1.08. The zero-order chi connectivity index (χ0) is 30.3. The molecular formula is C28H34F3N3O7. The number of amides is 2. The van der Waals surface area contributed by atoms with Gasteiger partial charge in [-0.1, -0.05) is 60.7 Å². The lowest BCUT2D eigenvalue weighted by Crippen LogP contribution is -2.53. The number of carbonyl (C=O) groups excluding carboxylic acids is 3. The molecule has 0 bridgehead atoms. The van der Waals surface area contributed by atoms with Gasteiger partial charge in [0.1, 0.15) is 25.3 Å². The van der Waals surface area contributed by atoms with Gasteiger partial charge in [0.25, 0.3) is 0 Å². The summed E-state index contributed by atoms with van der Waals surface area (Å²) in [5.74, 6) is -4.46. The number of nitrogens with one attached hydrogen (secondary N) is 1. The van der Waals surface area contributed by atoms with Gasteiger partial charge >= 0.3 is 30.1 Å². The Morgan fingerprint density at radius 3 is 1.98 bits per heavy atom. The number of halogens is 3. The number of carboxylic acids is 1. The lowest BCUT2D eigenvalue weighted by atomic mass is 10.1. The number of unbranched alkanes of at least 4 members (excludes halogenated alkanes) is 1. The van der Waals surface area contributed by atoms with Crippen molar-refractivity contribution >= 4 is 23.9 Å². The van der Waals surface area contributed by atoms with Gasteiger partial charge in [-0.15, -0.1) is 0 Å². The predicted octanol–water partition coefficient (Wildman–Crippen LogP) is 3.78. The summed E-state index contributed by atoms with van der Waals surface area (Å²) < 4.78 is 48.4. The van der Waals surface area contributed by atoms with Crippen molar-refractivity contribution in [1.29, 1.82) is 0 Å². The van der Waals surface area contributed by atoms with Crippen LogP contribution in [0, 0.1) is 0 Å². The molecule has 1 heterocycles. The van der Waals surface area contributed by atoms with E-state index in [1.165, 1.54) is 0 Å². The van der Waals surface area contributed by atoms with Crippen LogP contribution in [0.4, 0.5) is 18.0 Å². The molecule has 4 N–H and O–H groups in total. The first-order chi connectivity index (χ1) is 19.5.